The summed E-state index contributed by atoms with van der Waals surface area (Å²) in [5.41, 5.74) is 0.953. The van der Waals surface area contributed by atoms with Crippen molar-refractivity contribution in [3.8, 4) is 0 Å². The summed E-state index contributed by atoms with van der Waals surface area (Å²) in [4.78, 5) is 7.08. The molecule has 1 aromatic rings. The van der Waals surface area contributed by atoms with Gasteiger partial charge in [0.1, 0.15) is 5.82 Å². The summed E-state index contributed by atoms with van der Waals surface area (Å²) in [7, 11) is -1.70. The fourth-order valence-electron chi connectivity index (χ4n) is 1.09. The molecule has 0 saturated carbocycles. The van der Waals surface area contributed by atoms with Crippen LogP contribution in [0.5, 0.6) is 0 Å². The SMILES string of the molecule is CNS(=O)(=O)CCNCc1cnc(C)[nH]1. The van der Waals surface area contributed by atoms with Gasteiger partial charge in [0.05, 0.1) is 5.75 Å². The highest BCUT2D eigenvalue weighted by Gasteiger charge is 2.05. The molecule has 86 valence electrons. The molecule has 0 aliphatic carbocycles. The monoisotopic (exact) mass is 232 g/mol. The van der Waals surface area contributed by atoms with Gasteiger partial charge in [0, 0.05) is 25.0 Å². The van der Waals surface area contributed by atoms with Crippen LogP contribution in [0.25, 0.3) is 0 Å². The van der Waals surface area contributed by atoms with Crippen LogP contribution in [0.4, 0.5) is 0 Å². The average molecular weight is 232 g/mol. The van der Waals surface area contributed by atoms with Crippen LogP contribution in [0.2, 0.25) is 0 Å². The van der Waals surface area contributed by atoms with Crippen LogP contribution < -0.4 is 10.0 Å². The second-order valence-corrected chi connectivity index (χ2v) is 5.24. The maximum Gasteiger partial charge on any atom is 0.212 e. The maximum atomic E-state index is 11.0. The number of imidazole rings is 1. The predicted octanol–water partition coefficient (Wildman–Crippen LogP) is -0.643. The minimum absolute atomic E-state index is 0.0800. The molecular weight excluding hydrogens is 216 g/mol. The lowest BCUT2D eigenvalue weighted by molar-refractivity contribution is 0.582. The minimum Gasteiger partial charge on any atom is -0.345 e. The molecule has 0 bridgehead atoms. The first-order valence-corrected chi connectivity index (χ1v) is 6.31. The Morgan fingerprint density at radius 3 is 2.80 bits per heavy atom. The summed E-state index contributed by atoms with van der Waals surface area (Å²) in [6.45, 7) is 2.89. The van der Waals surface area contributed by atoms with Crippen LogP contribution in [-0.2, 0) is 16.6 Å². The average Bonchev–Trinajstić information content (AvgIpc) is 2.59. The third-order valence-electron chi connectivity index (χ3n) is 1.93. The molecule has 0 aliphatic rings. The number of nitrogens with one attached hydrogen (secondary N) is 3. The molecule has 1 heterocycles. The zero-order chi connectivity index (χ0) is 11.3. The Kier molecular flexibility index (Phi) is 4.25. The molecule has 3 N–H and O–H groups in total. The molecule has 0 atom stereocenters. The van der Waals surface area contributed by atoms with E-state index in [0.717, 1.165) is 11.5 Å². The summed E-state index contributed by atoms with van der Waals surface area (Å²) < 4.78 is 24.3. The van der Waals surface area contributed by atoms with E-state index < -0.39 is 10.0 Å². The maximum absolute atomic E-state index is 11.0. The molecule has 0 unspecified atom stereocenters. The molecule has 0 radical (unpaired) electrons. The molecule has 0 saturated heterocycles. The van der Waals surface area contributed by atoms with Gasteiger partial charge in [-0.05, 0) is 14.0 Å². The van der Waals surface area contributed by atoms with Gasteiger partial charge in [-0.2, -0.15) is 0 Å². The van der Waals surface area contributed by atoms with Gasteiger partial charge in [0.2, 0.25) is 10.0 Å². The summed E-state index contributed by atoms with van der Waals surface area (Å²) in [6, 6.07) is 0. The van der Waals surface area contributed by atoms with Crippen LogP contribution in [0.3, 0.4) is 0 Å². The van der Waals surface area contributed by atoms with Crippen LogP contribution in [0, 0.1) is 6.92 Å². The second-order valence-electron chi connectivity index (χ2n) is 3.19. The van der Waals surface area contributed by atoms with Crippen molar-refractivity contribution in [2.45, 2.75) is 13.5 Å². The Morgan fingerprint density at radius 1 is 1.53 bits per heavy atom. The van der Waals surface area contributed by atoms with Crippen molar-refractivity contribution in [1.82, 2.24) is 20.0 Å². The van der Waals surface area contributed by atoms with E-state index in [1.54, 1.807) is 6.20 Å². The summed E-state index contributed by atoms with van der Waals surface area (Å²) >= 11 is 0. The van der Waals surface area contributed by atoms with Gasteiger partial charge in [-0.3, -0.25) is 0 Å². The highest BCUT2D eigenvalue weighted by atomic mass is 32.2. The number of aromatic amines is 1. The van der Waals surface area contributed by atoms with E-state index in [-0.39, 0.29) is 5.75 Å². The van der Waals surface area contributed by atoms with E-state index in [1.807, 2.05) is 6.92 Å². The van der Waals surface area contributed by atoms with E-state index in [0.29, 0.717) is 13.1 Å². The largest absolute Gasteiger partial charge is 0.345 e. The van der Waals surface area contributed by atoms with E-state index in [1.165, 1.54) is 7.05 Å². The number of nitrogens with zero attached hydrogens (tertiary/aromatic N) is 1. The molecule has 6 nitrogen and oxygen atoms in total. The van der Waals surface area contributed by atoms with Crippen molar-refractivity contribution in [3.05, 3.63) is 17.7 Å². The first kappa shape index (κ1) is 12.2. The fraction of sp³-hybridized carbons (Fsp3) is 0.625. The highest BCUT2D eigenvalue weighted by Crippen LogP contribution is 1.94. The Balaban J connectivity index is 2.23. The van der Waals surface area contributed by atoms with Gasteiger partial charge < -0.3 is 10.3 Å². The van der Waals surface area contributed by atoms with E-state index in [4.69, 9.17) is 0 Å². The van der Waals surface area contributed by atoms with Crippen LogP contribution in [0.1, 0.15) is 11.5 Å². The lowest BCUT2D eigenvalue weighted by atomic mass is 10.5. The van der Waals surface area contributed by atoms with Crippen molar-refractivity contribution < 1.29 is 8.42 Å². The summed E-state index contributed by atoms with van der Waals surface area (Å²) in [6.07, 6.45) is 1.73. The van der Waals surface area contributed by atoms with Gasteiger partial charge in [0.25, 0.3) is 0 Å². The summed E-state index contributed by atoms with van der Waals surface area (Å²) in [5, 5.41) is 3.02. The molecule has 0 aromatic carbocycles. The number of hydrogen-bond donors (Lipinski definition) is 3. The molecule has 0 amide bonds. The van der Waals surface area contributed by atoms with Crippen molar-refractivity contribution in [3.63, 3.8) is 0 Å². The van der Waals surface area contributed by atoms with E-state index in [9.17, 15) is 8.42 Å². The number of H-pyrrole nitrogens is 1. The van der Waals surface area contributed by atoms with Crippen molar-refractivity contribution in [1.29, 1.82) is 0 Å². The van der Waals surface area contributed by atoms with Gasteiger partial charge in [-0.25, -0.2) is 18.1 Å². The van der Waals surface area contributed by atoms with Gasteiger partial charge in [-0.1, -0.05) is 0 Å². The second kappa shape index (κ2) is 5.24. The Labute approximate surface area is 89.5 Å². The lowest BCUT2D eigenvalue weighted by Crippen LogP contribution is -2.29. The van der Waals surface area contributed by atoms with Crippen molar-refractivity contribution in [2.75, 3.05) is 19.3 Å². The van der Waals surface area contributed by atoms with E-state index >= 15 is 0 Å². The third kappa shape index (κ3) is 4.41. The van der Waals surface area contributed by atoms with Gasteiger partial charge in [-0.15, -0.1) is 0 Å². The summed E-state index contributed by atoms with van der Waals surface area (Å²) in [5.74, 6) is 0.936. The highest BCUT2D eigenvalue weighted by molar-refractivity contribution is 7.89. The quantitative estimate of drug-likeness (QED) is 0.569. The molecule has 15 heavy (non-hydrogen) atoms. The zero-order valence-corrected chi connectivity index (χ0v) is 9.69. The van der Waals surface area contributed by atoms with Gasteiger partial charge in [0.15, 0.2) is 0 Å². The van der Waals surface area contributed by atoms with Crippen LogP contribution >= 0.6 is 0 Å². The number of hydrogen-bond acceptors (Lipinski definition) is 4. The zero-order valence-electron chi connectivity index (χ0n) is 8.87. The predicted molar refractivity (Wildman–Crippen MR) is 57.9 cm³/mol. The normalized spacial score (nSPS) is 11.9. The number of aromatic nitrogens is 2. The fourth-order valence-corrected chi connectivity index (χ4v) is 1.71. The third-order valence-corrected chi connectivity index (χ3v) is 3.29. The molecule has 0 fully saturated rings. The first-order valence-electron chi connectivity index (χ1n) is 4.66. The van der Waals surface area contributed by atoms with E-state index in [2.05, 4.69) is 20.0 Å². The Bertz CT molecular complexity index is 399. The number of rotatable bonds is 6. The van der Waals surface area contributed by atoms with Crippen molar-refractivity contribution >= 4 is 10.0 Å². The Morgan fingerprint density at radius 2 is 2.27 bits per heavy atom. The molecule has 7 heteroatoms. The van der Waals surface area contributed by atoms with Crippen molar-refractivity contribution in [2.24, 2.45) is 0 Å². The molecule has 0 spiro atoms. The molecule has 0 aliphatic heterocycles. The smallest absolute Gasteiger partial charge is 0.212 e. The molecule has 1 aromatic heterocycles. The van der Waals surface area contributed by atoms with Crippen LogP contribution in [0.15, 0.2) is 6.20 Å². The standard InChI is InChI=1S/C8H16N4O2S/c1-7-11-6-8(12-7)5-10-3-4-15(13,14)9-2/h6,9-10H,3-5H2,1-2H3,(H,11,12). The topological polar surface area (TPSA) is 86.9 Å². The molecule has 1 rings (SSSR count). The first-order chi connectivity index (χ1) is 7.03. The molecular formula is C8H16N4O2S. The van der Waals surface area contributed by atoms with Crippen LogP contribution in [-0.4, -0.2) is 37.7 Å². The Hall–Kier alpha value is -0.920. The number of aryl methyl sites for hydroxylation is 1. The lowest BCUT2D eigenvalue weighted by Gasteiger charge is -2.03. The number of sulfonamides is 1. The minimum atomic E-state index is -3.11. The van der Waals surface area contributed by atoms with Gasteiger partial charge >= 0.3 is 0 Å².